The normalized spacial score (nSPS) is 8.82. The van der Waals surface area contributed by atoms with Crippen LogP contribution in [-0.4, -0.2) is 36.7 Å². The van der Waals surface area contributed by atoms with Crippen molar-refractivity contribution in [2.24, 2.45) is 5.73 Å². The Balaban J connectivity index is 3.30. The third kappa shape index (κ3) is 6.59. The Morgan fingerprint density at radius 3 is 2.45 bits per heavy atom. The Hall–Kier alpha value is -1.30. The quantitative estimate of drug-likeness (QED) is 0.395. The molecule has 0 aliphatic heterocycles. The highest BCUT2D eigenvalue weighted by molar-refractivity contribution is 5.79. The minimum Gasteiger partial charge on any atom is -0.480 e. The van der Waals surface area contributed by atoms with Gasteiger partial charge in [-0.3, -0.25) is 4.79 Å². The molecule has 0 unspecified atom stereocenters. The van der Waals surface area contributed by atoms with Gasteiger partial charge >= 0.3 is 12.0 Å². The lowest BCUT2D eigenvalue weighted by Gasteiger charge is -2.02. The summed E-state index contributed by atoms with van der Waals surface area (Å²) in [6.07, 6.45) is 0. The molecule has 2 amide bonds. The van der Waals surface area contributed by atoms with Gasteiger partial charge < -0.3 is 21.5 Å². The van der Waals surface area contributed by atoms with Crippen molar-refractivity contribution in [3.05, 3.63) is 0 Å². The number of hydrogen-bond acceptors (Lipinski definition) is 3. The van der Waals surface area contributed by atoms with Gasteiger partial charge in [0.15, 0.2) is 0 Å². The second-order valence-corrected chi connectivity index (χ2v) is 1.79. The van der Waals surface area contributed by atoms with Gasteiger partial charge in [-0.05, 0) is 0 Å². The van der Waals surface area contributed by atoms with Crippen molar-refractivity contribution < 1.29 is 14.7 Å². The zero-order chi connectivity index (χ0) is 8.69. The molecule has 11 heavy (non-hydrogen) atoms. The van der Waals surface area contributed by atoms with E-state index in [2.05, 4.69) is 10.6 Å². The first-order valence-electron chi connectivity index (χ1n) is 3.10. The number of carbonyl (C=O) groups is 2. The lowest BCUT2D eigenvalue weighted by molar-refractivity contribution is -0.135. The SMILES string of the molecule is NCCNC(=O)NCC(=O)O. The minimum absolute atomic E-state index is 0.334. The summed E-state index contributed by atoms with van der Waals surface area (Å²) in [5.74, 6) is -1.08. The van der Waals surface area contributed by atoms with E-state index >= 15 is 0 Å². The van der Waals surface area contributed by atoms with Crippen molar-refractivity contribution in [3.8, 4) is 0 Å². The van der Waals surface area contributed by atoms with E-state index < -0.39 is 12.0 Å². The van der Waals surface area contributed by atoms with E-state index in [1.54, 1.807) is 0 Å². The number of carboxylic acids is 1. The van der Waals surface area contributed by atoms with Gasteiger partial charge in [0.25, 0.3) is 0 Å². The van der Waals surface area contributed by atoms with E-state index in [1.807, 2.05) is 0 Å². The smallest absolute Gasteiger partial charge is 0.323 e. The lowest BCUT2D eigenvalue weighted by atomic mass is 10.6. The summed E-state index contributed by atoms with van der Waals surface area (Å²) >= 11 is 0. The zero-order valence-corrected chi connectivity index (χ0v) is 5.96. The standard InChI is InChI=1S/C5H11N3O3/c6-1-2-7-5(11)8-3-4(9)10/h1-3,6H2,(H,9,10)(H2,7,8,11). The first-order chi connectivity index (χ1) is 5.16. The summed E-state index contributed by atoms with van der Waals surface area (Å²) in [5, 5.41) is 12.6. The third-order valence-electron chi connectivity index (χ3n) is 0.830. The van der Waals surface area contributed by atoms with Gasteiger partial charge in [0.05, 0.1) is 0 Å². The van der Waals surface area contributed by atoms with Crippen LogP contribution in [0.5, 0.6) is 0 Å². The second-order valence-electron chi connectivity index (χ2n) is 1.79. The molecule has 0 bridgehead atoms. The maximum absolute atomic E-state index is 10.6. The van der Waals surface area contributed by atoms with Gasteiger partial charge in [0.2, 0.25) is 0 Å². The van der Waals surface area contributed by atoms with E-state index in [0.717, 1.165) is 0 Å². The Morgan fingerprint density at radius 1 is 1.36 bits per heavy atom. The molecule has 0 aromatic carbocycles. The number of carbonyl (C=O) groups excluding carboxylic acids is 1. The van der Waals surface area contributed by atoms with Crippen LogP contribution in [0.15, 0.2) is 0 Å². The summed E-state index contributed by atoms with van der Waals surface area (Å²) in [6, 6.07) is -0.516. The maximum atomic E-state index is 10.6. The number of aliphatic carboxylic acids is 1. The van der Waals surface area contributed by atoms with Crippen molar-refractivity contribution in [1.29, 1.82) is 0 Å². The highest BCUT2D eigenvalue weighted by atomic mass is 16.4. The molecule has 0 aliphatic carbocycles. The van der Waals surface area contributed by atoms with E-state index in [9.17, 15) is 9.59 Å². The van der Waals surface area contributed by atoms with E-state index in [-0.39, 0.29) is 6.54 Å². The average molecular weight is 161 g/mol. The molecular formula is C5H11N3O3. The molecule has 0 spiro atoms. The predicted molar refractivity (Wildman–Crippen MR) is 38.1 cm³/mol. The highest BCUT2D eigenvalue weighted by Crippen LogP contribution is 1.64. The molecule has 0 heterocycles. The van der Waals surface area contributed by atoms with Crippen LogP contribution in [-0.2, 0) is 4.79 Å². The van der Waals surface area contributed by atoms with Crippen LogP contribution in [0.4, 0.5) is 4.79 Å². The van der Waals surface area contributed by atoms with Gasteiger partial charge in [0, 0.05) is 13.1 Å². The van der Waals surface area contributed by atoms with Crippen molar-refractivity contribution >= 4 is 12.0 Å². The second kappa shape index (κ2) is 5.48. The molecule has 0 saturated heterocycles. The fraction of sp³-hybridized carbons (Fsp3) is 0.600. The summed E-state index contributed by atoms with van der Waals surface area (Å²) < 4.78 is 0. The molecule has 64 valence electrons. The average Bonchev–Trinajstić information content (AvgIpc) is 1.97. The molecule has 0 atom stereocenters. The molecule has 5 N–H and O–H groups in total. The number of nitrogens with one attached hydrogen (secondary N) is 2. The van der Waals surface area contributed by atoms with Crippen molar-refractivity contribution in [2.75, 3.05) is 19.6 Å². The number of hydrogen-bond donors (Lipinski definition) is 4. The molecule has 0 fully saturated rings. The number of nitrogens with two attached hydrogens (primary N) is 1. The van der Waals surface area contributed by atoms with Gasteiger partial charge in [-0.1, -0.05) is 0 Å². The van der Waals surface area contributed by atoms with Crippen LogP contribution in [0, 0.1) is 0 Å². The molecule has 6 nitrogen and oxygen atoms in total. The lowest BCUT2D eigenvalue weighted by Crippen LogP contribution is -2.40. The van der Waals surface area contributed by atoms with Crippen molar-refractivity contribution in [1.82, 2.24) is 10.6 Å². The first kappa shape index (κ1) is 9.70. The highest BCUT2D eigenvalue weighted by Gasteiger charge is 2.00. The molecule has 0 radical (unpaired) electrons. The molecule has 6 heteroatoms. The van der Waals surface area contributed by atoms with Crippen LogP contribution in [0.25, 0.3) is 0 Å². The Labute approximate surface area is 63.8 Å². The number of rotatable bonds is 4. The number of urea groups is 1. The monoisotopic (exact) mass is 161 g/mol. The fourth-order valence-electron chi connectivity index (χ4n) is 0.404. The Bertz CT molecular complexity index is 148. The van der Waals surface area contributed by atoms with Crippen LogP contribution in [0.2, 0.25) is 0 Å². The van der Waals surface area contributed by atoms with Gasteiger partial charge in [-0.25, -0.2) is 4.79 Å². The molecule has 0 aromatic rings. The van der Waals surface area contributed by atoms with Gasteiger partial charge in [-0.15, -0.1) is 0 Å². The minimum atomic E-state index is -1.08. The van der Waals surface area contributed by atoms with Crippen molar-refractivity contribution in [2.45, 2.75) is 0 Å². The van der Waals surface area contributed by atoms with E-state index in [4.69, 9.17) is 10.8 Å². The summed E-state index contributed by atoms with van der Waals surface area (Å²) in [4.78, 5) is 20.5. The van der Waals surface area contributed by atoms with E-state index in [1.165, 1.54) is 0 Å². The molecule has 0 rings (SSSR count). The number of amides is 2. The molecule has 0 aromatic heterocycles. The maximum Gasteiger partial charge on any atom is 0.323 e. The van der Waals surface area contributed by atoms with Crippen LogP contribution < -0.4 is 16.4 Å². The number of carboxylic acid groups (broad SMARTS) is 1. The zero-order valence-electron chi connectivity index (χ0n) is 5.96. The molecule has 0 saturated carbocycles. The molecule has 0 aliphatic rings. The van der Waals surface area contributed by atoms with Gasteiger partial charge in [-0.2, -0.15) is 0 Å². The fourth-order valence-corrected chi connectivity index (χ4v) is 0.404. The third-order valence-corrected chi connectivity index (χ3v) is 0.830. The Morgan fingerprint density at radius 2 is 2.00 bits per heavy atom. The summed E-state index contributed by atoms with van der Waals surface area (Å²) in [7, 11) is 0. The van der Waals surface area contributed by atoms with Crippen molar-refractivity contribution in [3.63, 3.8) is 0 Å². The summed E-state index contributed by atoms with van der Waals surface area (Å²) in [6.45, 7) is 0.294. The topological polar surface area (TPSA) is 104 Å². The first-order valence-corrected chi connectivity index (χ1v) is 3.10. The van der Waals surface area contributed by atoms with E-state index in [0.29, 0.717) is 13.1 Å². The van der Waals surface area contributed by atoms with Crippen LogP contribution >= 0.6 is 0 Å². The largest absolute Gasteiger partial charge is 0.480 e. The molecular weight excluding hydrogens is 150 g/mol. The van der Waals surface area contributed by atoms with Gasteiger partial charge in [0.1, 0.15) is 6.54 Å². The summed E-state index contributed by atoms with van der Waals surface area (Å²) in [5.41, 5.74) is 5.07. The Kier molecular flexibility index (Phi) is 4.83. The van der Waals surface area contributed by atoms with Crippen LogP contribution in [0.1, 0.15) is 0 Å². The predicted octanol–water partition coefficient (Wildman–Crippen LogP) is -1.67. The van der Waals surface area contributed by atoms with Crippen LogP contribution in [0.3, 0.4) is 0 Å².